The molecule has 0 bridgehead atoms. The summed E-state index contributed by atoms with van der Waals surface area (Å²) >= 11 is 0. The number of nitrogens with one attached hydrogen (secondary N) is 1. The highest BCUT2D eigenvalue weighted by atomic mass is 16.5. The van der Waals surface area contributed by atoms with Crippen molar-refractivity contribution >= 4 is 5.97 Å². The molecule has 16 heavy (non-hydrogen) atoms. The lowest BCUT2D eigenvalue weighted by molar-refractivity contribution is -0.137. The van der Waals surface area contributed by atoms with Crippen LogP contribution in [0.2, 0.25) is 0 Å². The van der Waals surface area contributed by atoms with Crippen LogP contribution in [0.15, 0.2) is 11.8 Å². The third kappa shape index (κ3) is 4.23. The van der Waals surface area contributed by atoms with E-state index >= 15 is 0 Å². The van der Waals surface area contributed by atoms with Crippen molar-refractivity contribution in [1.82, 2.24) is 5.32 Å². The number of hydrogen-bond donors (Lipinski definition) is 2. The summed E-state index contributed by atoms with van der Waals surface area (Å²) in [6.07, 6.45) is 5.13. The monoisotopic (exact) mass is 227 g/mol. The summed E-state index contributed by atoms with van der Waals surface area (Å²) in [6, 6.07) is 0.0689. The van der Waals surface area contributed by atoms with Crippen LogP contribution in [0.5, 0.6) is 0 Å². The van der Waals surface area contributed by atoms with Crippen molar-refractivity contribution in [2.45, 2.75) is 51.7 Å². The van der Waals surface area contributed by atoms with Crippen LogP contribution in [0, 0.1) is 0 Å². The lowest BCUT2D eigenvalue weighted by Gasteiger charge is -2.29. The number of aliphatic hydroxyl groups is 1. The van der Waals surface area contributed by atoms with Gasteiger partial charge >= 0.3 is 5.97 Å². The summed E-state index contributed by atoms with van der Waals surface area (Å²) in [5.41, 5.74) is 0.754. The summed E-state index contributed by atoms with van der Waals surface area (Å²) in [5.74, 6) is -0.335. The number of esters is 1. The fourth-order valence-corrected chi connectivity index (χ4v) is 1.97. The molecule has 1 aliphatic carbocycles. The second-order valence-corrected chi connectivity index (χ2v) is 4.18. The molecule has 0 aromatic heterocycles. The Hall–Kier alpha value is -1.03. The Morgan fingerprint density at radius 1 is 1.50 bits per heavy atom. The number of allylic oxidation sites excluding steroid dienone is 1. The Morgan fingerprint density at radius 3 is 2.81 bits per heavy atom. The van der Waals surface area contributed by atoms with Gasteiger partial charge in [0.1, 0.15) is 0 Å². The fraction of sp³-hybridized carbons (Fsp3) is 0.750. The molecule has 0 saturated heterocycles. The molecule has 2 unspecified atom stereocenters. The van der Waals surface area contributed by atoms with Gasteiger partial charge in [-0.05, 0) is 26.7 Å². The van der Waals surface area contributed by atoms with Crippen LogP contribution in [-0.2, 0) is 9.53 Å². The first-order valence-electron chi connectivity index (χ1n) is 5.93. The standard InChI is InChI=1S/C12H21NO3/c1-3-16-12(15)8-9(2)13-10-6-4-5-7-11(10)14/h8,10-11,13-14H,3-7H2,1-2H3/b9-8+. The Bertz CT molecular complexity index is 263. The predicted molar refractivity (Wildman–Crippen MR) is 61.8 cm³/mol. The summed E-state index contributed by atoms with van der Waals surface area (Å²) < 4.78 is 4.81. The summed E-state index contributed by atoms with van der Waals surface area (Å²) in [5, 5.41) is 12.9. The molecular formula is C12H21NO3. The molecule has 0 spiro atoms. The van der Waals surface area contributed by atoms with Gasteiger partial charge in [0.25, 0.3) is 0 Å². The third-order valence-electron chi connectivity index (χ3n) is 2.76. The molecular weight excluding hydrogens is 206 g/mol. The van der Waals surface area contributed by atoms with Gasteiger partial charge in [0, 0.05) is 11.8 Å². The molecule has 0 heterocycles. The Labute approximate surface area is 96.7 Å². The smallest absolute Gasteiger partial charge is 0.332 e. The molecule has 1 rings (SSSR count). The van der Waals surface area contributed by atoms with Crippen molar-refractivity contribution < 1.29 is 14.6 Å². The second kappa shape index (κ2) is 6.53. The van der Waals surface area contributed by atoms with E-state index in [1.54, 1.807) is 6.92 Å². The number of aliphatic hydroxyl groups excluding tert-OH is 1. The van der Waals surface area contributed by atoms with Crippen molar-refractivity contribution in [2.75, 3.05) is 6.61 Å². The summed E-state index contributed by atoms with van der Waals surface area (Å²) in [6.45, 7) is 3.98. The van der Waals surface area contributed by atoms with Gasteiger partial charge in [-0.3, -0.25) is 0 Å². The average Bonchev–Trinajstić information content (AvgIpc) is 2.21. The lowest BCUT2D eigenvalue weighted by atomic mass is 9.92. The van der Waals surface area contributed by atoms with Crippen LogP contribution < -0.4 is 5.32 Å². The largest absolute Gasteiger partial charge is 0.463 e. The molecule has 1 saturated carbocycles. The highest BCUT2D eigenvalue weighted by Crippen LogP contribution is 2.19. The van der Waals surface area contributed by atoms with Gasteiger partial charge in [-0.25, -0.2) is 4.79 Å². The van der Waals surface area contributed by atoms with Crippen LogP contribution in [0.1, 0.15) is 39.5 Å². The molecule has 1 fully saturated rings. The Kier molecular flexibility index (Phi) is 5.32. The first kappa shape index (κ1) is 13.0. The van der Waals surface area contributed by atoms with E-state index in [0.29, 0.717) is 6.61 Å². The van der Waals surface area contributed by atoms with E-state index in [-0.39, 0.29) is 18.1 Å². The maximum absolute atomic E-state index is 11.2. The van der Waals surface area contributed by atoms with Gasteiger partial charge < -0.3 is 15.2 Å². The molecule has 0 radical (unpaired) electrons. The number of carbonyl (C=O) groups is 1. The number of hydrogen-bond acceptors (Lipinski definition) is 4. The van der Waals surface area contributed by atoms with Crippen molar-refractivity contribution in [1.29, 1.82) is 0 Å². The van der Waals surface area contributed by atoms with Gasteiger partial charge in [-0.2, -0.15) is 0 Å². The van der Waals surface area contributed by atoms with Crippen LogP contribution in [-0.4, -0.2) is 29.8 Å². The van der Waals surface area contributed by atoms with Gasteiger partial charge in [-0.15, -0.1) is 0 Å². The molecule has 0 aliphatic heterocycles. The average molecular weight is 227 g/mol. The molecule has 0 aromatic carbocycles. The summed E-state index contributed by atoms with van der Waals surface area (Å²) in [7, 11) is 0. The minimum Gasteiger partial charge on any atom is -0.463 e. The van der Waals surface area contributed by atoms with Crippen molar-refractivity contribution in [3.63, 3.8) is 0 Å². The highest BCUT2D eigenvalue weighted by Gasteiger charge is 2.22. The molecule has 1 aliphatic rings. The first-order valence-corrected chi connectivity index (χ1v) is 5.93. The third-order valence-corrected chi connectivity index (χ3v) is 2.76. The van der Waals surface area contributed by atoms with Crippen LogP contribution in [0.3, 0.4) is 0 Å². The number of carbonyl (C=O) groups excluding carboxylic acids is 1. The van der Waals surface area contributed by atoms with E-state index in [2.05, 4.69) is 5.32 Å². The van der Waals surface area contributed by atoms with Gasteiger partial charge in [0.05, 0.1) is 18.8 Å². The fourth-order valence-electron chi connectivity index (χ4n) is 1.97. The number of ether oxygens (including phenoxy) is 1. The second-order valence-electron chi connectivity index (χ2n) is 4.18. The van der Waals surface area contributed by atoms with E-state index in [0.717, 1.165) is 31.4 Å². The van der Waals surface area contributed by atoms with E-state index < -0.39 is 0 Å². The molecule has 4 heteroatoms. The minimum absolute atomic E-state index is 0.0689. The van der Waals surface area contributed by atoms with Gasteiger partial charge in [0.15, 0.2) is 0 Å². The van der Waals surface area contributed by atoms with Crippen LogP contribution in [0.25, 0.3) is 0 Å². The van der Waals surface area contributed by atoms with Gasteiger partial charge in [-0.1, -0.05) is 12.8 Å². The minimum atomic E-state index is -0.335. The van der Waals surface area contributed by atoms with Crippen LogP contribution >= 0.6 is 0 Å². The lowest BCUT2D eigenvalue weighted by Crippen LogP contribution is -2.41. The molecule has 0 amide bonds. The topological polar surface area (TPSA) is 58.6 Å². The van der Waals surface area contributed by atoms with Gasteiger partial charge in [0.2, 0.25) is 0 Å². The SMILES string of the molecule is CCOC(=O)/C=C(\C)NC1CCCCC1O. The Balaban J connectivity index is 2.42. The van der Waals surface area contributed by atoms with Crippen molar-refractivity contribution in [2.24, 2.45) is 0 Å². The molecule has 4 nitrogen and oxygen atoms in total. The zero-order valence-corrected chi connectivity index (χ0v) is 10.0. The molecule has 2 N–H and O–H groups in total. The molecule has 2 atom stereocenters. The normalized spacial score (nSPS) is 26.3. The quantitative estimate of drug-likeness (QED) is 0.562. The first-order chi connectivity index (χ1) is 7.63. The highest BCUT2D eigenvalue weighted by molar-refractivity contribution is 5.82. The van der Waals surface area contributed by atoms with E-state index in [4.69, 9.17) is 4.74 Å². The maximum Gasteiger partial charge on any atom is 0.332 e. The van der Waals surface area contributed by atoms with E-state index in [1.807, 2.05) is 6.92 Å². The summed E-state index contributed by atoms with van der Waals surface area (Å²) in [4.78, 5) is 11.2. The van der Waals surface area contributed by atoms with Crippen molar-refractivity contribution in [3.05, 3.63) is 11.8 Å². The Morgan fingerprint density at radius 2 is 2.19 bits per heavy atom. The zero-order valence-electron chi connectivity index (χ0n) is 10.0. The van der Waals surface area contributed by atoms with E-state index in [1.165, 1.54) is 6.08 Å². The zero-order chi connectivity index (χ0) is 12.0. The van der Waals surface area contributed by atoms with E-state index in [9.17, 15) is 9.90 Å². The maximum atomic E-state index is 11.2. The predicted octanol–water partition coefficient (Wildman–Crippen LogP) is 1.35. The van der Waals surface area contributed by atoms with Crippen LogP contribution in [0.4, 0.5) is 0 Å². The number of rotatable bonds is 4. The van der Waals surface area contributed by atoms with Crippen molar-refractivity contribution in [3.8, 4) is 0 Å². The molecule has 0 aromatic rings. The molecule has 92 valence electrons.